The third kappa shape index (κ3) is 1.95. The van der Waals surface area contributed by atoms with Crippen LogP contribution >= 0.6 is 11.6 Å². The number of alkyl halides is 2. The maximum atomic E-state index is 12.8. The van der Waals surface area contributed by atoms with Gasteiger partial charge in [-0.15, -0.1) is 0 Å². The molecule has 1 aromatic rings. The molecule has 0 atom stereocenters. The largest absolute Gasteiger partial charge is 0.318 e. The fourth-order valence-corrected chi connectivity index (χ4v) is 0.965. The highest BCUT2D eigenvalue weighted by Gasteiger charge is 2.18. The molecule has 0 amide bonds. The number of hydrogen-bond donors (Lipinski definition) is 1. The summed E-state index contributed by atoms with van der Waals surface area (Å²) in [5, 5.41) is -1.20. The molecule has 0 spiro atoms. The average Bonchev–Trinajstić information content (AvgIpc) is 2.07. The van der Waals surface area contributed by atoms with Crippen LogP contribution in [0, 0.1) is 5.82 Å². The number of halogens is 4. The molecule has 0 saturated heterocycles. The third-order valence-electron chi connectivity index (χ3n) is 1.45. The van der Waals surface area contributed by atoms with Gasteiger partial charge in [0.1, 0.15) is 17.1 Å². The Morgan fingerprint density at radius 3 is 2.50 bits per heavy atom. The highest BCUT2D eigenvalue weighted by Crippen LogP contribution is 2.18. The molecular formula is C7H3ClF3NO2. The van der Waals surface area contributed by atoms with Gasteiger partial charge in [0, 0.05) is 0 Å². The number of H-pyrrole nitrogens is 1. The van der Waals surface area contributed by atoms with Crippen molar-refractivity contribution >= 4 is 16.8 Å². The minimum atomic E-state index is -3.15. The first kappa shape index (κ1) is 10.8. The minimum absolute atomic E-state index is 0.385. The Labute approximate surface area is 80.5 Å². The summed E-state index contributed by atoms with van der Waals surface area (Å²) in [4.78, 5) is 22.9. The lowest BCUT2D eigenvalue weighted by Crippen LogP contribution is -2.18. The molecule has 0 saturated carbocycles. The first-order chi connectivity index (χ1) is 6.43. The highest BCUT2D eigenvalue weighted by atomic mass is 35.5. The Hall–Kier alpha value is -1.30. The molecule has 0 radical (unpaired) electrons. The summed E-state index contributed by atoms with van der Waals surface area (Å²) in [6, 6.07) is 0.385. The minimum Gasteiger partial charge on any atom is -0.318 e. The van der Waals surface area contributed by atoms with E-state index in [1.807, 2.05) is 0 Å². The van der Waals surface area contributed by atoms with E-state index < -0.39 is 34.3 Å². The summed E-state index contributed by atoms with van der Waals surface area (Å²) < 4.78 is 36.8. The van der Waals surface area contributed by atoms with E-state index in [9.17, 15) is 22.8 Å². The first-order valence-electron chi connectivity index (χ1n) is 3.34. The molecular weight excluding hydrogens is 223 g/mol. The Bertz CT molecular complexity index is 429. The number of pyridine rings is 1. The van der Waals surface area contributed by atoms with Gasteiger partial charge in [-0.1, -0.05) is 0 Å². The Morgan fingerprint density at radius 1 is 1.50 bits per heavy atom. The summed E-state index contributed by atoms with van der Waals surface area (Å²) >= 11 is 4.90. The van der Waals surface area contributed by atoms with Gasteiger partial charge in [-0.05, 0) is 17.7 Å². The van der Waals surface area contributed by atoms with Crippen molar-refractivity contribution in [2.24, 2.45) is 0 Å². The molecule has 14 heavy (non-hydrogen) atoms. The Morgan fingerprint density at radius 2 is 2.07 bits per heavy atom. The lowest BCUT2D eigenvalue weighted by Gasteiger charge is -2.01. The van der Waals surface area contributed by atoms with Crippen molar-refractivity contribution in [2.45, 2.75) is 6.43 Å². The normalized spacial score (nSPS) is 10.6. The predicted octanol–water partition coefficient (Wildman–Crippen LogP) is 1.83. The molecule has 1 N–H and O–H groups in total. The van der Waals surface area contributed by atoms with Crippen molar-refractivity contribution in [3.05, 3.63) is 33.5 Å². The van der Waals surface area contributed by atoms with Crippen molar-refractivity contribution in [1.82, 2.24) is 4.98 Å². The SMILES string of the molecule is O=C(Cl)c1cc(F)c(C(F)F)[nH]c1=O. The molecule has 0 aliphatic heterocycles. The van der Waals surface area contributed by atoms with Gasteiger partial charge >= 0.3 is 0 Å². The molecule has 0 bridgehead atoms. The number of aromatic nitrogens is 1. The van der Waals surface area contributed by atoms with Crippen LogP contribution in [0.1, 0.15) is 22.5 Å². The number of carbonyl (C=O) groups is 1. The van der Waals surface area contributed by atoms with E-state index in [4.69, 9.17) is 11.6 Å². The maximum Gasteiger partial charge on any atom is 0.281 e. The molecule has 0 aliphatic rings. The van der Waals surface area contributed by atoms with Crippen LogP contribution in [-0.4, -0.2) is 10.2 Å². The second-order valence-corrected chi connectivity index (χ2v) is 2.69. The molecule has 76 valence electrons. The monoisotopic (exact) mass is 225 g/mol. The molecule has 0 aromatic carbocycles. The standard InChI is InChI=1S/C7H3ClF3NO2/c8-5(13)2-1-3(9)4(6(10)11)12-7(2)14/h1,6H,(H,12,14). The first-order valence-corrected chi connectivity index (χ1v) is 3.72. The van der Waals surface area contributed by atoms with E-state index in [1.165, 1.54) is 4.98 Å². The number of rotatable bonds is 2. The lowest BCUT2D eigenvalue weighted by molar-refractivity contribution is 0.107. The fraction of sp³-hybridized carbons (Fsp3) is 0.143. The van der Waals surface area contributed by atoms with Gasteiger partial charge < -0.3 is 4.98 Å². The van der Waals surface area contributed by atoms with Gasteiger partial charge in [0.25, 0.3) is 17.2 Å². The van der Waals surface area contributed by atoms with Crippen molar-refractivity contribution in [3.63, 3.8) is 0 Å². The number of carbonyl (C=O) groups excluding carboxylic acids is 1. The highest BCUT2D eigenvalue weighted by molar-refractivity contribution is 6.67. The Balaban J connectivity index is 3.39. The average molecular weight is 226 g/mol. The van der Waals surface area contributed by atoms with E-state index in [1.54, 1.807) is 0 Å². The van der Waals surface area contributed by atoms with Gasteiger partial charge in [0.05, 0.1) is 0 Å². The summed E-state index contributed by atoms with van der Waals surface area (Å²) in [7, 11) is 0. The van der Waals surface area contributed by atoms with Crippen LogP contribution in [0.2, 0.25) is 0 Å². The van der Waals surface area contributed by atoms with Crippen molar-refractivity contribution in [3.8, 4) is 0 Å². The van der Waals surface area contributed by atoms with E-state index in [0.29, 0.717) is 6.07 Å². The van der Waals surface area contributed by atoms with E-state index >= 15 is 0 Å². The molecule has 0 aliphatic carbocycles. The van der Waals surface area contributed by atoms with Gasteiger partial charge in [0.2, 0.25) is 0 Å². The fourth-order valence-electron chi connectivity index (χ4n) is 0.824. The molecule has 3 nitrogen and oxygen atoms in total. The van der Waals surface area contributed by atoms with Crippen LogP contribution in [0.25, 0.3) is 0 Å². The second-order valence-electron chi connectivity index (χ2n) is 2.35. The van der Waals surface area contributed by atoms with Gasteiger partial charge in [0.15, 0.2) is 0 Å². The second kappa shape index (κ2) is 3.83. The zero-order valence-corrected chi connectivity index (χ0v) is 7.24. The van der Waals surface area contributed by atoms with E-state index in [0.717, 1.165) is 0 Å². The van der Waals surface area contributed by atoms with Crippen LogP contribution in [-0.2, 0) is 0 Å². The van der Waals surface area contributed by atoms with Crippen molar-refractivity contribution in [1.29, 1.82) is 0 Å². The molecule has 1 rings (SSSR count). The van der Waals surface area contributed by atoms with Crippen LogP contribution < -0.4 is 5.56 Å². The predicted molar refractivity (Wildman–Crippen MR) is 42.2 cm³/mol. The van der Waals surface area contributed by atoms with Crippen LogP contribution in [0.5, 0.6) is 0 Å². The summed E-state index contributed by atoms with van der Waals surface area (Å²) in [5.74, 6) is -1.37. The maximum absolute atomic E-state index is 12.8. The molecule has 1 aromatic heterocycles. The number of aromatic amines is 1. The molecule has 1 heterocycles. The van der Waals surface area contributed by atoms with Crippen LogP contribution in [0.3, 0.4) is 0 Å². The molecule has 0 fully saturated rings. The smallest absolute Gasteiger partial charge is 0.281 e. The van der Waals surface area contributed by atoms with Crippen molar-refractivity contribution < 1.29 is 18.0 Å². The van der Waals surface area contributed by atoms with Crippen LogP contribution in [0.15, 0.2) is 10.9 Å². The summed E-state index contributed by atoms with van der Waals surface area (Å²) in [5.41, 5.74) is -2.99. The zero-order valence-electron chi connectivity index (χ0n) is 6.48. The Kier molecular flexibility index (Phi) is 2.95. The third-order valence-corrected chi connectivity index (χ3v) is 1.65. The van der Waals surface area contributed by atoms with E-state index in [-0.39, 0.29) is 0 Å². The summed E-state index contributed by atoms with van der Waals surface area (Å²) in [6.07, 6.45) is -3.15. The summed E-state index contributed by atoms with van der Waals surface area (Å²) in [6.45, 7) is 0. The molecule has 7 heteroatoms. The van der Waals surface area contributed by atoms with Gasteiger partial charge in [-0.25, -0.2) is 13.2 Å². The van der Waals surface area contributed by atoms with Crippen molar-refractivity contribution in [2.75, 3.05) is 0 Å². The topological polar surface area (TPSA) is 49.9 Å². The van der Waals surface area contributed by atoms with Crippen LogP contribution in [0.4, 0.5) is 13.2 Å². The number of hydrogen-bond acceptors (Lipinski definition) is 2. The van der Waals surface area contributed by atoms with E-state index in [2.05, 4.69) is 0 Å². The quantitative estimate of drug-likeness (QED) is 0.781. The number of nitrogens with one attached hydrogen (secondary N) is 1. The lowest BCUT2D eigenvalue weighted by atomic mass is 10.2. The van der Waals surface area contributed by atoms with Gasteiger partial charge in [-0.2, -0.15) is 0 Å². The molecule has 0 unspecified atom stereocenters. The van der Waals surface area contributed by atoms with Gasteiger partial charge in [-0.3, -0.25) is 9.59 Å². The zero-order chi connectivity index (χ0) is 10.9.